The molecule has 1 aliphatic heterocycles. The molecule has 1 unspecified atom stereocenters. The van der Waals surface area contributed by atoms with E-state index in [0.717, 1.165) is 25.0 Å². The summed E-state index contributed by atoms with van der Waals surface area (Å²) in [6, 6.07) is 12.9. The van der Waals surface area contributed by atoms with Crippen LogP contribution in [0.2, 0.25) is 0 Å². The summed E-state index contributed by atoms with van der Waals surface area (Å²) in [7, 11) is 0. The van der Waals surface area contributed by atoms with Crippen LogP contribution in [0.3, 0.4) is 0 Å². The normalized spacial score (nSPS) is 15.8. The van der Waals surface area contributed by atoms with E-state index in [1.54, 1.807) is 12.1 Å². The molecule has 1 aromatic heterocycles. The molecule has 1 N–H and O–H groups in total. The SMILES string of the molecule is Cc1ccc(C)c(CN(Cc2ccc(F)cc2)Cc2nc(C(=O)NCC3CCCO3)co2)c1. The van der Waals surface area contributed by atoms with Crippen LogP contribution in [-0.2, 0) is 24.4 Å². The highest BCUT2D eigenvalue weighted by Gasteiger charge is 2.19. The van der Waals surface area contributed by atoms with Gasteiger partial charge in [-0.2, -0.15) is 0 Å². The van der Waals surface area contributed by atoms with Gasteiger partial charge in [-0.25, -0.2) is 9.37 Å². The van der Waals surface area contributed by atoms with Crippen molar-refractivity contribution >= 4 is 5.91 Å². The van der Waals surface area contributed by atoms with Crippen LogP contribution >= 0.6 is 0 Å². The standard InChI is InChI=1S/C26H30FN3O3/c1-18-5-6-19(2)21(12-18)15-30(14-20-7-9-22(27)10-8-20)16-25-29-24(17-33-25)26(31)28-13-23-4-3-11-32-23/h5-10,12,17,23H,3-4,11,13-16H2,1-2H3,(H,28,31). The smallest absolute Gasteiger partial charge is 0.273 e. The highest BCUT2D eigenvalue weighted by atomic mass is 19.1. The molecule has 33 heavy (non-hydrogen) atoms. The van der Waals surface area contributed by atoms with Gasteiger partial charge in [-0.15, -0.1) is 0 Å². The van der Waals surface area contributed by atoms with Gasteiger partial charge in [0.05, 0.1) is 12.6 Å². The van der Waals surface area contributed by atoms with Gasteiger partial charge in [0.1, 0.15) is 12.1 Å². The number of carbonyl (C=O) groups excluding carboxylic acids is 1. The maximum atomic E-state index is 13.4. The van der Waals surface area contributed by atoms with Crippen molar-refractivity contribution < 1.29 is 18.3 Å². The van der Waals surface area contributed by atoms with E-state index < -0.39 is 0 Å². The number of benzene rings is 2. The van der Waals surface area contributed by atoms with E-state index in [9.17, 15) is 9.18 Å². The van der Waals surface area contributed by atoms with E-state index in [1.807, 2.05) is 0 Å². The Morgan fingerprint density at radius 2 is 1.97 bits per heavy atom. The Hall–Kier alpha value is -3.03. The summed E-state index contributed by atoms with van der Waals surface area (Å²) in [6.07, 6.45) is 3.46. The molecule has 3 aromatic rings. The molecular formula is C26H30FN3O3. The predicted molar refractivity (Wildman–Crippen MR) is 123 cm³/mol. The van der Waals surface area contributed by atoms with Gasteiger partial charge >= 0.3 is 0 Å². The number of nitrogens with zero attached hydrogens (tertiary/aromatic N) is 2. The molecule has 0 spiro atoms. The van der Waals surface area contributed by atoms with Gasteiger partial charge in [0.15, 0.2) is 5.69 Å². The summed E-state index contributed by atoms with van der Waals surface area (Å²) in [5.74, 6) is -0.0593. The maximum absolute atomic E-state index is 13.4. The molecule has 1 aliphatic rings. The molecule has 1 saturated heterocycles. The maximum Gasteiger partial charge on any atom is 0.273 e. The van der Waals surface area contributed by atoms with Crippen molar-refractivity contribution in [2.24, 2.45) is 0 Å². The minimum Gasteiger partial charge on any atom is -0.447 e. The molecule has 7 heteroatoms. The highest BCUT2D eigenvalue weighted by Crippen LogP contribution is 2.18. The minimum absolute atomic E-state index is 0.0732. The fraction of sp³-hybridized carbons (Fsp3) is 0.385. The molecule has 0 radical (unpaired) electrons. The molecule has 0 bridgehead atoms. The molecule has 6 nitrogen and oxygen atoms in total. The quantitative estimate of drug-likeness (QED) is 0.517. The number of oxazole rings is 1. The molecule has 2 heterocycles. The van der Waals surface area contributed by atoms with E-state index in [0.29, 0.717) is 32.1 Å². The van der Waals surface area contributed by atoms with E-state index in [2.05, 4.69) is 47.2 Å². The van der Waals surface area contributed by atoms with Crippen LogP contribution < -0.4 is 5.32 Å². The molecule has 1 atom stereocenters. The average molecular weight is 452 g/mol. The van der Waals surface area contributed by atoms with Crippen molar-refractivity contribution in [1.82, 2.24) is 15.2 Å². The lowest BCUT2D eigenvalue weighted by molar-refractivity contribution is 0.0853. The number of hydrogen-bond donors (Lipinski definition) is 1. The Kier molecular flexibility index (Phi) is 7.52. The van der Waals surface area contributed by atoms with Crippen molar-refractivity contribution in [1.29, 1.82) is 0 Å². The van der Waals surface area contributed by atoms with Gasteiger partial charge in [-0.3, -0.25) is 9.69 Å². The third-order valence-corrected chi connectivity index (χ3v) is 5.88. The molecule has 0 aliphatic carbocycles. The predicted octanol–water partition coefficient (Wildman–Crippen LogP) is 4.54. The van der Waals surface area contributed by atoms with Gasteiger partial charge in [0.2, 0.25) is 5.89 Å². The first kappa shape index (κ1) is 23.1. The fourth-order valence-corrected chi connectivity index (χ4v) is 4.01. The molecule has 0 saturated carbocycles. The zero-order chi connectivity index (χ0) is 23.2. The molecule has 174 valence electrons. The van der Waals surface area contributed by atoms with Crippen molar-refractivity contribution in [3.05, 3.63) is 88.4 Å². The van der Waals surface area contributed by atoms with Crippen molar-refractivity contribution in [2.45, 2.75) is 52.4 Å². The summed E-state index contributed by atoms with van der Waals surface area (Å²) in [6.45, 7) is 7.08. The lowest BCUT2D eigenvalue weighted by Gasteiger charge is -2.22. The molecule has 1 amide bonds. The van der Waals surface area contributed by atoms with Gasteiger partial charge in [-0.05, 0) is 55.5 Å². The lowest BCUT2D eigenvalue weighted by Crippen LogP contribution is -2.32. The second kappa shape index (κ2) is 10.7. The summed E-state index contributed by atoms with van der Waals surface area (Å²) < 4.78 is 24.5. The summed E-state index contributed by atoms with van der Waals surface area (Å²) in [5, 5.41) is 2.87. The monoisotopic (exact) mass is 451 g/mol. The largest absolute Gasteiger partial charge is 0.447 e. The number of aromatic nitrogens is 1. The summed E-state index contributed by atoms with van der Waals surface area (Å²) in [4.78, 5) is 19.0. The number of ether oxygens (including phenoxy) is 1. The fourth-order valence-electron chi connectivity index (χ4n) is 4.01. The Morgan fingerprint density at radius 1 is 1.15 bits per heavy atom. The van der Waals surface area contributed by atoms with Crippen molar-refractivity contribution in [3.8, 4) is 0 Å². The summed E-state index contributed by atoms with van der Waals surface area (Å²) in [5.41, 5.74) is 4.85. The Balaban J connectivity index is 1.45. The zero-order valence-electron chi connectivity index (χ0n) is 19.1. The molecule has 1 fully saturated rings. The van der Waals surface area contributed by atoms with Crippen molar-refractivity contribution in [3.63, 3.8) is 0 Å². The van der Waals surface area contributed by atoms with Crippen LogP contribution in [0.4, 0.5) is 4.39 Å². The Bertz CT molecular complexity index is 1070. The highest BCUT2D eigenvalue weighted by molar-refractivity contribution is 5.91. The first-order valence-electron chi connectivity index (χ1n) is 11.3. The van der Waals surface area contributed by atoms with Crippen LogP contribution in [0.1, 0.15) is 51.5 Å². The summed E-state index contributed by atoms with van der Waals surface area (Å²) >= 11 is 0. The number of rotatable bonds is 9. The Labute approximate surface area is 193 Å². The zero-order valence-corrected chi connectivity index (χ0v) is 19.1. The van der Waals surface area contributed by atoms with E-state index >= 15 is 0 Å². The topological polar surface area (TPSA) is 67.6 Å². The van der Waals surface area contributed by atoms with Gasteiger partial charge in [0.25, 0.3) is 5.91 Å². The average Bonchev–Trinajstić information content (AvgIpc) is 3.48. The molecule has 4 rings (SSSR count). The minimum atomic E-state index is -0.264. The van der Waals surface area contributed by atoms with E-state index in [-0.39, 0.29) is 23.5 Å². The molecular weight excluding hydrogens is 421 g/mol. The van der Waals surface area contributed by atoms with Crippen LogP contribution in [-0.4, -0.2) is 35.0 Å². The van der Waals surface area contributed by atoms with Crippen LogP contribution in [0, 0.1) is 19.7 Å². The Morgan fingerprint density at radius 3 is 2.73 bits per heavy atom. The van der Waals surface area contributed by atoms with Gasteiger partial charge < -0.3 is 14.5 Å². The lowest BCUT2D eigenvalue weighted by atomic mass is 10.0. The number of amides is 1. The third kappa shape index (κ3) is 6.49. The molecule has 2 aromatic carbocycles. The van der Waals surface area contributed by atoms with E-state index in [4.69, 9.17) is 9.15 Å². The number of aryl methyl sites for hydroxylation is 2. The van der Waals surface area contributed by atoms with Crippen LogP contribution in [0.5, 0.6) is 0 Å². The van der Waals surface area contributed by atoms with Crippen LogP contribution in [0.15, 0.2) is 53.1 Å². The number of carbonyl (C=O) groups is 1. The van der Waals surface area contributed by atoms with Gasteiger partial charge in [0, 0.05) is 26.2 Å². The third-order valence-electron chi connectivity index (χ3n) is 5.88. The van der Waals surface area contributed by atoms with Gasteiger partial charge in [-0.1, -0.05) is 35.9 Å². The first-order valence-corrected chi connectivity index (χ1v) is 11.3. The van der Waals surface area contributed by atoms with E-state index in [1.165, 1.54) is 35.1 Å². The second-order valence-corrected chi connectivity index (χ2v) is 8.67. The first-order chi connectivity index (χ1) is 16.0. The van der Waals surface area contributed by atoms with Crippen molar-refractivity contribution in [2.75, 3.05) is 13.2 Å². The second-order valence-electron chi connectivity index (χ2n) is 8.67. The number of nitrogens with one attached hydrogen (secondary N) is 1. The number of hydrogen-bond acceptors (Lipinski definition) is 5. The van der Waals surface area contributed by atoms with Crippen LogP contribution in [0.25, 0.3) is 0 Å². The number of halogens is 1.